The minimum absolute atomic E-state index is 0.0270. The maximum Gasteiger partial charge on any atom is 0.189 e. The Morgan fingerprint density at radius 2 is 2.17 bits per heavy atom. The fourth-order valence-corrected chi connectivity index (χ4v) is 1.06. The molecule has 60 valence electrons. The highest BCUT2D eigenvalue weighted by atomic mass is 16.6. The van der Waals surface area contributed by atoms with Crippen LogP contribution in [0, 0.1) is 0 Å². The maximum absolute atomic E-state index is 11.2. The molecule has 3 heteroatoms. The number of nitrogens with one attached hydrogen (secondary N) is 1. The molecule has 0 amide bonds. The lowest BCUT2D eigenvalue weighted by Gasteiger charge is -2.09. The van der Waals surface area contributed by atoms with E-state index in [1.54, 1.807) is 30.5 Å². The second kappa shape index (κ2) is 2.70. The Labute approximate surface area is 69.7 Å². The van der Waals surface area contributed by atoms with Gasteiger partial charge in [0.05, 0.1) is 5.57 Å². The fourth-order valence-electron chi connectivity index (χ4n) is 1.06. The first kappa shape index (κ1) is 6.91. The zero-order valence-electron chi connectivity index (χ0n) is 6.28. The van der Waals surface area contributed by atoms with Crippen molar-refractivity contribution in [3.63, 3.8) is 0 Å². The van der Waals surface area contributed by atoms with Gasteiger partial charge >= 0.3 is 0 Å². The van der Waals surface area contributed by atoms with Crippen LogP contribution in [0.25, 0.3) is 0 Å². The number of hydrogen-bond donors (Lipinski definition) is 1. The number of carbonyl (C=O) groups excluding carboxylic acids is 1. The van der Waals surface area contributed by atoms with Crippen LogP contribution in [0.4, 0.5) is 0 Å². The van der Waals surface area contributed by atoms with Crippen LogP contribution in [0.1, 0.15) is 0 Å². The summed E-state index contributed by atoms with van der Waals surface area (Å²) in [4.78, 5) is 16.3. The van der Waals surface area contributed by atoms with Gasteiger partial charge in [-0.05, 0) is 24.3 Å². The van der Waals surface area contributed by atoms with Crippen molar-refractivity contribution in [2.45, 2.75) is 0 Å². The van der Waals surface area contributed by atoms with Crippen LogP contribution in [-0.4, -0.2) is 5.78 Å². The first-order chi connectivity index (χ1) is 5.88. The van der Waals surface area contributed by atoms with Crippen LogP contribution in [0.3, 0.4) is 0 Å². The highest BCUT2D eigenvalue weighted by Gasteiger charge is 2.16. The fraction of sp³-hybridized carbons (Fsp3) is 0. The van der Waals surface area contributed by atoms with Gasteiger partial charge in [-0.15, -0.1) is 0 Å². The van der Waals surface area contributed by atoms with Crippen LogP contribution in [0.2, 0.25) is 0 Å². The average Bonchev–Trinajstić information content (AvgIpc) is 2.30. The SMILES string of the molecule is O=C1C=CC=C2ONC=CC=C12. The van der Waals surface area contributed by atoms with Crippen molar-refractivity contribution in [2.75, 3.05) is 0 Å². The smallest absolute Gasteiger partial charge is 0.189 e. The Morgan fingerprint density at radius 3 is 3.08 bits per heavy atom. The van der Waals surface area contributed by atoms with Crippen molar-refractivity contribution in [3.05, 3.63) is 47.9 Å². The molecule has 1 aliphatic carbocycles. The molecule has 1 N–H and O–H groups in total. The molecule has 12 heavy (non-hydrogen) atoms. The van der Waals surface area contributed by atoms with Gasteiger partial charge in [0.15, 0.2) is 11.5 Å². The molecule has 0 saturated heterocycles. The number of allylic oxidation sites excluding steroid dienone is 6. The van der Waals surface area contributed by atoms with Crippen molar-refractivity contribution in [2.24, 2.45) is 0 Å². The molecule has 0 atom stereocenters. The molecular weight excluding hydrogens is 154 g/mol. The van der Waals surface area contributed by atoms with Gasteiger partial charge in [0.25, 0.3) is 0 Å². The van der Waals surface area contributed by atoms with Gasteiger partial charge in [-0.3, -0.25) is 4.79 Å². The van der Waals surface area contributed by atoms with Crippen LogP contribution >= 0.6 is 0 Å². The predicted molar refractivity (Wildman–Crippen MR) is 43.7 cm³/mol. The summed E-state index contributed by atoms with van der Waals surface area (Å²) in [6.07, 6.45) is 10.00. The van der Waals surface area contributed by atoms with Gasteiger partial charge < -0.3 is 4.84 Å². The highest BCUT2D eigenvalue weighted by Crippen LogP contribution is 2.18. The van der Waals surface area contributed by atoms with Crippen LogP contribution < -0.4 is 5.48 Å². The molecule has 0 unspecified atom stereocenters. The number of ketones is 1. The Kier molecular flexibility index (Phi) is 1.55. The Balaban J connectivity index is 2.43. The van der Waals surface area contributed by atoms with E-state index in [1.165, 1.54) is 6.08 Å². The van der Waals surface area contributed by atoms with E-state index in [2.05, 4.69) is 5.48 Å². The van der Waals surface area contributed by atoms with Gasteiger partial charge in [-0.25, -0.2) is 5.48 Å². The van der Waals surface area contributed by atoms with Crippen molar-refractivity contribution in [3.8, 4) is 0 Å². The van der Waals surface area contributed by atoms with E-state index in [4.69, 9.17) is 4.84 Å². The third-order valence-corrected chi connectivity index (χ3v) is 1.62. The Hall–Kier alpha value is -1.77. The molecule has 0 aromatic heterocycles. The number of hydroxylamine groups is 1. The molecule has 3 nitrogen and oxygen atoms in total. The zero-order valence-corrected chi connectivity index (χ0v) is 6.28. The molecule has 0 radical (unpaired) electrons. The van der Waals surface area contributed by atoms with Crippen LogP contribution in [-0.2, 0) is 9.63 Å². The van der Waals surface area contributed by atoms with E-state index in [-0.39, 0.29) is 5.78 Å². The second-order valence-corrected chi connectivity index (χ2v) is 2.41. The van der Waals surface area contributed by atoms with E-state index in [9.17, 15) is 4.79 Å². The quantitative estimate of drug-likeness (QED) is 0.575. The van der Waals surface area contributed by atoms with E-state index in [0.717, 1.165) is 0 Å². The number of carbonyl (C=O) groups is 1. The summed E-state index contributed by atoms with van der Waals surface area (Å²) >= 11 is 0. The first-order valence-electron chi connectivity index (χ1n) is 3.60. The molecule has 2 rings (SSSR count). The van der Waals surface area contributed by atoms with Gasteiger partial charge in [0.1, 0.15) is 0 Å². The lowest BCUT2D eigenvalue weighted by atomic mass is 10.0. The molecule has 1 aliphatic heterocycles. The largest absolute Gasteiger partial charge is 0.382 e. The van der Waals surface area contributed by atoms with Crippen LogP contribution in [0.15, 0.2) is 47.9 Å². The van der Waals surface area contributed by atoms with E-state index < -0.39 is 0 Å². The third-order valence-electron chi connectivity index (χ3n) is 1.62. The molecule has 0 aromatic rings. The highest BCUT2D eigenvalue weighted by molar-refractivity contribution is 6.08. The summed E-state index contributed by atoms with van der Waals surface area (Å²) in [5.41, 5.74) is 3.16. The summed E-state index contributed by atoms with van der Waals surface area (Å²) in [7, 11) is 0. The summed E-state index contributed by atoms with van der Waals surface area (Å²) in [5.74, 6) is 0.536. The first-order valence-corrected chi connectivity index (χ1v) is 3.60. The third kappa shape index (κ3) is 1.05. The maximum atomic E-state index is 11.2. The van der Waals surface area contributed by atoms with Crippen molar-refractivity contribution in [1.82, 2.24) is 5.48 Å². The Bertz CT molecular complexity index is 334. The lowest BCUT2D eigenvalue weighted by Crippen LogP contribution is -2.11. The normalized spacial score (nSPS) is 19.8. The summed E-state index contributed by atoms with van der Waals surface area (Å²) < 4.78 is 0. The van der Waals surface area contributed by atoms with Gasteiger partial charge in [-0.2, -0.15) is 0 Å². The molecule has 0 bridgehead atoms. The van der Waals surface area contributed by atoms with Crippen molar-refractivity contribution >= 4 is 5.78 Å². The molecule has 0 aromatic carbocycles. The molecular formula is C9H7NO2. The van der Waals surface area contributed by atoms with Gasteiger partial charge in [-0.1, -0.05) is 6.08 Å². The standard InChI is InChI=1S/C9H7NO2/c11-8-4-1-5-9-7(8)3-2-6-10-12-9/h1-6,10H. The van der Waals surface area contributed by atoms with E-state index in [1.807, 2.05) is 0 Å². The summed E-state index contributed by atoms with van der Waals surface area (Å²) in [5, 5.41) is 0. The van der Waals surface area contributed by atoms with E-state index in [0.29, 0.717) is 11.3 Å². The molecule has 2 aliphatic rings. The summed E-state index contributed by atoms with van der Waals surface area (Å²) in [6, 6.07) is 0. The summed E-state index contributed by atoms with van der Waals surface area (Å²) in [6.45, 7) is 0. The monoisotopic (exact) mass is 161 g/mol. The van der Waals surface area contributed by atoms with Crippen molar-refractivity contribution in [1.29, 1.82) is 0 Å². The zero-order chi connectivity index (χ0) is 8.39. The Morgan fingerprint density at radius 1 is 1.25 bits per heavy atom. The second-order valence-electron chi connectivity index (χ2n) is 2.41. The number of hydrogen-bond acceptors (Lipinski definition) is 3. The minimum Gasteiger partial charge on any atom is -0.382 e. The molecule has 0 fully saturated rings. The number of rotatable bonds is 0. The molecule has 1 heterocycles. The topological polar surface area (TPSA) is 38.3 Å². The van der Waals surface area contributed by atoms with Crippen molar-refractivity contribution < 1.29 is 9.63 Å². The molecule has 0 spiro atoms. The van der Waals surface area contributed by atoms with Gasteiger partial charge in [0.2, 0.25) is 0 Å². The average molecular weight is 161 g/mol. The van der Waals surface area contributed by atoms with Gasteiger partial charge in [0, 0.05) is 6.20 Å². The predicted octanol–water partition coefficient (Wildman–Crippen LogP) is 0.984. The van der Waals surface area contributed by atoms with E-state index >= 15 is 0 Å². The minimum atomic E-state index is -0.0270. The number of fused-ring (bicyclic) bond motifs is 1. The molecule has 0 saturated carbocycles. The lowest BCUT2D eigenvalue weighted by molar-refractivity contribution is -0.111. The van der Waals surface area contributed by atoms with Crippen LogP contribution in [0.5, 0.6) is 0 Å².